The smallest absolute Gasteiger partial charge is 0.272 e. The number of nitrogens with zero attached hydrogens (tertiary/aromatic N) is 3. The minimum absolute atomic E-state index is 0.258. The van der Waals surface area contributed by atoms with E-state index in [4.69, 9.17) is 9.47 Å². The first-order valence-electron chi connectivity index (χ1n) is 9.22. The SMILES string of the molecule is COc1ccc(NC(=O)c2c(NN3CCOCC3)[nH]n3c(=O)cc(C)nc23)cc1. The topological polar surface area (TPSA) is 113 Å². The zero-order valence-electron chi connectivity index (χ0n) is 16.2. The Hall–Kier alpha value is -3.37. The summed E-state index contributed by atoms with van der Waals surface area (Å²) in [4.78, 5) is 29.9. The summed E-state index contributed by atoms with van der Waals surface area (Å²) in [6, 6.07) is 8.40. The van der Waals surface area contributed by atoms with Crippen molar-refractivity contribution in [1.82, 2.24) is 19.6 Å². The number of rotatable bonds is 5. The highest BCUT2D eigenvalue weighted by Gasteiger charge is 2.23. The Kier molecular flexibility index (Phi) is 5.19. The molecule has 0 aliphatic carbocycles. The summed E-state index contributed by atoms with van der Waals surface area (Å²) in [7, 11) is 1.58. The number of morpholine rings is 1. The molecule has 10 heteroatoms. The lowest BCUT2D eigenvalue weighted by Crippen LogP contribution is -2.40. The quantitative estimate of drug-likeness (QED) is 0.593. The number of amides is 1. The van der Waals surface area contributed by atoms with Gasteiger partial charge in [-0.3, -0.25) is 14.7 Å². The van der Waals surface area contributed by atoms with Gasteiger partial charge in [-0.1, -0.05) is 0 Å². The van der Waals surface area contributed by atoms with E-state index in [0.717, 1.165) is 0 Å². The van der Waals surface area contributed by atoms with Gasteiger partial charge in [-0.05, 0) is 31.2 Å². The number of hydrogen-bond donors (Lipinski definition) is 3. The average Bonchev–Trinajstić information content (AvgIpc) is 3.07. The number of benzene rings is 1. The normalized spacial score (nSPS) is 14.7. The third-order valence-electron chi connectivity index (χ3n) is 4.60. The number of methoxy groups -OCH3 is 1. The first-order valence-corrected chi connectivity index (χ1v) is 9.22. The number of hydrogen-bond acceptors (Lipinski definition) is 7. The lowest BCUT2D eigenvalue weighted by molar-refractivity contribution is 0.0494. The van der Waals surface area contributed by atoms with E-state index in [1.165, 1.54) is 10.6 Å². The van der Waals surface area contributed by atoms with Gasteiger partial charge in [0.2, 0.25) is 0 Å². The lowest BCUT2D eigenvalue weighted by atomic mass is 10.2. The zero-order valence-corrected chi connectivity index (χ0v) is 16.2. The molecular weight excluding hydrogens is 376 g/mol. The number of aromatic amines is 1. The number of H-pyrrole nitrogens is 1. The standard InChI is InChI=1S/C19H22N6O4/c1-12-11-15(26)25-18(20-12)16(17(23-25)22-24-7-9-29-10-8-24)19(27)21-13-3-5-14(28-2)6-4-13/h3-6,11,22-23H,7-10H2,1-2H3,(H,21,27). The van der Waals surface area contributed by atoms with E-state index in [0.29, 0.717) is 49.3 Å². The molecule has 10 nitrogen and oxygen atoms in total. The van der Waals surface area contributed by atoms with Crippen molar-refractivity contribution in [3.05, 3.63) is 51.9 Å². The largest absolute Gasteiger partial charge is 0.497 e. The first-order chi connectivity index (χ1) is 14.0. The molecule has 0 atom stereocenters. The van der Waals surface area contributed by atoms with Crippen molar-refractivity contribution < 1.29 is 14.3 Å². The zero-order chi connectivity index (χ0) is 20.4. The number of aromatic nitrogens is 3. The number of ether oxygens (including phenoxy) is 2. The molecule has 1 aromatic carbocycles. The molecule has 29 heavy (non-hydrogen) atoms. The van der Waals surface area contributed by atoms with Crippen LogP contribution in [0.2, 0.25) is 0 Å². The predicted molar refractivity (Wildman–Crippen MR) is 108 cm³/mol. The molecule has 3 heterocycles. The second kappa shape index (κ2) is 7.94. The van der Waals surface area contributed by atoms with Crippen LogP contribution in [0.4, 0.5) is 11.5 Å². The molecule has 0 spiro atoms. The van der Waals surface area contributed by atoms with Crippen molar-refractivity contribution in [3.63, 3.8) is 0 Å². The summed E-state index contributed by atoms with van der Waals surface area (Å²) >= 11 is 0. The molecule has 0 unspecified atom stereocenters. The van der Waals surface area contributed by atoms with Gasteiger partial charge < -0.3 is 20.2 Å². The van der Waals surface area contributed by atoms with E-state index < -0.39 is 0 Å². The molecular formula is C19H22N6O4. The molecule has 0 bridgehead atoms. The van der Waals surface area contributed by atoms with Crippen molar-refractivity contribution in [1.29, 1.82) is 0 Å². The molecule has 2 aromatic heterocycles. The van der Waals surface area contributed by atoms with Gasteiger partial charge in [0.25, 0.3) is 11.5 Å². The second-order valence-electron chi connectivity index (χ2n) is 6.65. The molecule has 4 rings (SSSR count). The molecule has 0 radical (unpaired) electrons. The van der Waals surface area contributed by atoms with Crippen LogP contribution in [0.25, 0.3) is 5.65 Å². The van der Waals surface area contributed by atoms with Crippen molar-refractivity contribution in [2.75, 3.05) is 44.2 Å². The van der Waals surface area contributed by atoms with Crippen LogP contribution in [0, 0.1) is 6.92 Å². The summed E-state index contributed by atoms with van der Waals surface area (Å²) in [6.07, 6.45) is 0. The second-order valence-corrected chi connectivity index (χ2v) is 6.65. The van der Waals surface area contributed by atoms with Crippen LogP contribution in [-0.4, -0.2) is 58.9 Å². The van der Waals surface area contributed by atoms with Crippen molar-refractivity contribution in [3.8, 4) is 5.75 Å². The maximum absolute atomic E-state index is 13.1. The summed E-state index contributed by atoms with van der Waals surface area (Å²) in [5, 5.41) is 7.74. The molecule has 0 saturated carbocycles. The first kappa shape index (κ1) is 19.0. The third kappa shape index (κ3) is 3.93. The van der Waals surface area contributed by atoms with Crippen molar-refractivity contribution in [2.24, 2.45) is 0 Å². The number of carbonyl (C=O) groups excluding carboxylic acids is 1. The third-order valence-corrected chi connectivity index (χ3v) is 4.60. The Morgan fingerprint density at radius 2 is 1.97 bits per heavy atom. The van der Waals surface area contributed by atoms with Crippen LogP contribution >= 0.6 is 0 Å². The predicted octanol–water partition coefficient (Wildman–Crippen LogP) is 1.25. The van der Waals surface area contributed by atoms with Crippen molar-refractivity contribution in [2.45, 2.75) is 6.92 Å². The summed E-state index contributed by atoms with van der Waals surface area (Å²) in [6.45, 7) is 4.18. The Morgan fingerprint density at radius 1 is 1.24 bits per heavy atom. The molecule has 1 fully saturated rings. The molecule has 1 amide bonds. The number of carbonyl (C=O) groups is 1. The average molecular weight is 398 g/mol. The maximum atomic E-state index is 13.1. The van der Waals surface area contributed by atoms with Gasteiger partial charge in [-0.25, -0.2) is 9.99 Å². The molecule has 1 aliphatic rings. The lowest BCUT2D eigenvalue weighted by Gasteiger charge is -2.27. The van der Waals surface area contributed by atoms with E-state index >= 15 is 0 Å². The summed E-state index contributed by atoms with van der Waals surface area (Å²) in [5.41, 5.74) is 4.55. The van der Waals surface area contributed by atoms with E-state index in [1.54, 1.807) is 38.3 Å². The number of aryl methyl sites for hydroxylation is 1. The van der Waals surface area contributed by atoms with Gasteiger partial charge in [-0.2, -0.15) is 4.52 Å². The van der Waals surface area contributed by atoms with Crippen LogP contribution in [0.5, 0.6) is 5.75 Å². The molecule has 1 aliphatic heterocycles. The Morgan fingerprint density at radius 3 is 2.66 bits per heavy atom. The van der Waals surface area contributed by atoms with Gasteiger partial charge >= 0.3 is 0 Å². The van der Waals surface area contributed by atoms with E-state index in [2.05, 4.69) is 20.8 Å². The number of anilines is 2. The van der Waals surface area contributed by atoms with Gasteiger partial charge in [0.05, 0.1) is 20.3 Å². The minimum Gasteiger partial charge on any atom is -0.497 e. The van der Waals surface area contributed by atoms with Gasteiger partial charge in [0.1, 0.15) is 17.1 Å². The fourth-order valence-corrected chi connectivity index (χ4v) is 3.15. The summed E-state index contributed by atoms with van der Waals surface area (Å²) < 4.78 is 11.8. The van der Waals surface area contributed by atoms with Crippen LogP contribution in [0.15, 0.2) is 35.1 Å². The highest BCUT2D eigenvalue weighted by atomic mass is 16.5. The van der Waals surface area contributed by atoms with Crippen LogP contribution in [0.3, 0.4) is 0 Å². The summed E-state index contributed by atoms with van der Waals surface area (Å²) in [5.74, 6) is 0.698. The number of fused-ring (bicyclic) bond motifs is 1. The molecule has 152 valence electrons. The molecule has 1 saturated heterocycles. The monoisotopic (exact) mass is 398 g/mol. The maximum Gasteiger partial charge on any atom is 0.272 e. The van der Waals surface area contributed by atoms with E-state index in [9.17, 15) is 9.59 Å². The van der Waals surface area contributed by atoms with E-state index in [1.807, 2.05) is 5.01 Å². The van der Waals surface area contributed by atoms with Gasteiger partial charge in [0.15, 0.2) is 5.65 Å². The van der Waals surface area contributed by atoms with Crippen LogP contribution in [-0.2, 0) is 4.74 Å². The van der Waals surface area contributed by atoms with Crippen molar-refractivity contribution >= 4 is 23.1 Å². The van der Waals surface area contributed by atoms with Crippen LogP contribution in [0.1, 0.15) is 16.1 Å². The Bertz CT molecular complexity index is 1080. The number of hydrazine groups is 1. The number of nitrogens with one attached hydrogen (secondary N) is 3. The fourth-order valence-electron chi connectivity index (χ4n) is 3.15. The van der Waals surface area contributed by atoms with Crippen LogP contribution < -0.4 is 21.0 Å². The minimum atomic E-state index is -0.387. The Labute approximate surface area is 166 Å². The van der Waals surface area contributed by atoms with E-state index in [-0.39, 0.29) is 22.7 Å². The molecule has 3 N–H and O–H groups in total. The highest BCUT2D eigenvalue weighted by molar-refractivity contribution is 6.11. The Balaban J connectivity index is 1.71. The fraction of sp³-hybridized carbons (Fsp3) is 0.316. The highest BCUT2D eigenvalue weighted by Crippen LogP contribution is 2.22. The van der Waals surface area contributed by atoms with Gasteiger partial charge in [0, 0.05) is 30.5 Å². The van der Waals surface area contributed by atoms with Gasteiger partial charge in [-0.15, -0.1) is 0 Å². The molecule has 3 aromatic rings.